The van der Waals surface area contributed by atoms with Gasteiger partial charge in [-0.2, -0.15) is 4.57 Å². The molecule has 2 aliphatic heterocycles. The lowest BCUT2D eigenvalue weighted by atomic mass is 10.0. The van der Waals surface area contributed by atoms with Crippen LogP contribution in [0.5, 0.6) is 0 Å². The number of fused-ring (bicyclic) bond motifs is 15. The van der Waals surface area contributed by atoms with Crippen LogP contribution >= 0.6 is 11.3 Å². The fraction of sp³-hybridized carbons (Fsp3) is 0.237. The third-order valence-electron chi connectivity index (χ3n) is 8.49. The summed E-state index contributed by atoms with van der Waals surface area (Å²) in [6.07, 6.45) is 4.17. The summed E-state index contributed by atoms with van der Waals surface area (Å²) in [6, 6.07) is 23.6. The number of amides is 4. The van der Waals surface area contributed by atoms with Gasteiger partial charge in [-0.05, 0) is 66.8 Å². The Morgan fingerprint density at radius 3 is 1.94 bits per heavy atom. The molecule has 0 spiro atoms. The molecule has 50 heavy (non-hydrogen) atoms. The molecule has 0 radical (unpaired) electrons. The van der Waals surface area contributed by atoms with Gasteiger partial charge in [0.1, 0.15) is 34.5 Å². The Balaban J connectivity index is 1.32. The highest BCUT2D eigenvalue weighted by Gasteiger charge is 2.23. The van der Waals surface area contributed by atoms with Crippen LogP contribution in [-0.4, -0.2) is 46.7 Å². The van der Waals surface area contributed by atoms with Gasteiger partial charge in [-0.1, -0.05) is 66.3 Å². The minimum Gasteiger partial charge on any atom is -0.351 e. The molecule has 2 aromatic carbocycles. The fourth-order valence-corrected chi connectivity index (χ4v) is 6.87. The van der Waals surface area contributed by atoms with Crippen molar-refractivity contribution in [1.29, 1.82) is 0 Å². The monoisotopic (exact) mass is 688 g/mol. The van der Waals surface area contributed by atoms with Crippen molar-refractivity contribution in [3.63, 3.8) is 0 Å². The molecule has 5 heterocycles. The van der Waals surface area contributed by atoms with E-state index in [1.54, 1.807) is 47.7 Å². The van der Waals surface area contributed by atoms with Crippen molar-refractivity contribution in [3.8, 4) is 10.6 Å². The van der Waals surface area contributed by atoms with Crippen molar-refractivity contribution in [2.75, 3.05) is 13.1 Å². The zero-order valence-electron chi connectivity index (χ0n) is 27.9. The Morgan fingerprint density at radius 1 is 0.700 bits per heavy atom. The topological polar surface area (TPSA) is 146 Å². The molecule has 4 amide bonds. The standard InChI is InChI=1S/C38H37N7O4S/c1-3-24-10-6-7-19-39-34(46)28-11-8-14-31(43-28)37(49)42-23-26-18-17-25(20-27(26)38-45(2)32-15-4-5-16-33(32)50-38)22-41-36(48)30-13-9-12-29(44-30)35(47)40-21-24/h4-5,8-18,20H,3,6-7,19,21-23H2,1-2H3,(H3-,39,40,41,42,46,47,48,49)/p+1. The van der Waals surface area contributed by atoms with E-state index in [0.29, 0.717) is 25.9 Å². The number of allylic oxidation sites excluding steroid dienone is 1. The third-order valence-corrected chi connectivity index (χ3v) is 9.75. The van der Waals surface area contributed by atoms with E-state index in [-0.39, 0.29) is 47.7 Å². The Labute approximate surface area is 293 Å². The van der Waals surface area contributed by atoms with Crippen molar-refractivity contribution in [2.45, 2.75) is 39.3 Å². The van der Waals surface area contributed by atoms with Gasteiger partial charge < -0.3 is 21.3 Å². The molecule has 3 aromatic heterocycles. The second-order valence-corrected chi connectivity index (χ2v) is 12.9. The van der Waals surface area contributed by atoms with Crippen LogP contribution in [0.2, 0.25) is 0 Å². The number of pyridine rings is 2. The number of nitrogens with one attached hydrogen (secondary N) is 4. The summed E-state index contributed by atoms with van der Waals surface area (Å²) in [5, 5.41) is 12.7. The van der Waals surface area contributed by atoms with Crippen molar-refractivity contribution >= 4 is 45.2 Å². The largest absolute Gasteiger partial charge is 0.351 e. The number of hydrogen-bond acceptors (Lipinski definition) is 7. The SMILES string of the molecule is CCC1=CCCCNC(=O)c2cccc(n2)C(=O)NCc2ccc(cc2-c2sc3ccccc3[n+]2C)CNC(=O)c2cccc(n2)C(=O)NC1. The zero-order valence-corrected chi connectivity index (χ0v) is 28.7. The van der Waals surface area contributed by atoms with Crippen molar-refractivity contribution in [3.05, 3.63) is 124 Å². The molecule has 7 rings (SSSR count). The Morgan fingerprint density at radius 2 is 1.30 bits per heavy atom. The number of rotatable bonds is 2. The second-order valence-electron chi connectivity index (χ2n) is 11.9. The summed E-state index contributed by atoms with van der Waals surface area (Å²) in [4.78, 5) is 61.0. The number of carbonyl (C=O) groups is 4. The van der Waals surface area contributed by atoms with Gasteiger partial charge >= 0.3 is 0 Å². The number of hydrogen-bond donors (Lipinski definition) is 4. The Kier molecular flexibility index (Phi) is 10.7. The van der Waals surface area contributed by atoms with Crippen LogP contribution in [0.3, 0.4) is 0 Å². The van der Waals surface area contributed by atoms with E-state index in [0.717, 1.165) is 43.9 Å². The molecule has 6 bridgehead atoms. The minimum atomic E-state index is -0.401. The number of benzene rings is 2. The predicted molar refractivity (Wildman–Crippen MR) is 192 cm³/mol. The Hall–Kier alpha value is -5.75. The Bertz CT molecular complexity index is 2120. The molecule has 5 aromatic rings. The first kappa shape index (κ1) is 34.1. The molecular weight excluding hydrogens is 651 g/mol. The number of carbonyl (C=O) groups excluding carboxylic acids is 4. The molecule has 0 aliphatic carbocycles. The van der Waals surface area contributed by atoms with Gasteiger partial charge in [0.25, 0.3) is 28.6 Å². The number of nitrogens with zero attached hydrogens (tertiary/aromatic N) is 3. The maximum Gasteiger partial charge on any atom is 0.270 e. The summed E-state index contributed by atoms with van der Waals surface area (Å²) >= 11 is 1.63. The molecular formula is C38H38N7O4S+. The lowest BCUT2D eigenvalue weighted by Gasteiger charge is -2.12. The number of para-hydroxylation sites is 1. The molecule has 2 aliphatic rings. The normalized spacial score (nSPS) is 15.1. The summed E-state index contributed by atoms with van der Waals surface area (Å²) in [7, 11) is 2.00. The van der Waals surface area contributed by atoms with E-state index in [1.165, 1.54) is 0 Å². The van der Waals surface area contributed by atoms with Crippen LogP contribution in [0.4, 0.5) is 0 Å². The fourth-order valence-electron chi connectivity index (χ4n) is 5.67. The minimum absolute atomic E-state index is 0.139. The summed E-state index contributed by atoms with van der Waals surface area (Å²) in [6.45, 7) is 3.20. The van der Waals surface area contributed by atoms with E-state index in [4.69, 9.17) is 0 Å². The van der Waals surface area contributed by atoms with Gasteiger partial charge in [0.05, 0.1) is 5.56 Å². The van der Waals surface area contributed by atoms with Gasteiger partial charge in [-0.15, -0.1) is 0 Å². The molecule has 0 unspecified atom stereocenters. The number of thiazole rings is 1. The number of aromatic nitrogens is 3. The lowest BCUT2D eigenvalue weighted by molar-refractivity contribution is -0.629. The summed E-state index contributed by atoms with van der Waals surface area (Å²) in [5.74, 6) is -1.53. The third kappa shape index (κ3) is 7.92. The van der Waals surface area contributed by atoms with E-state index in [2.05, 4.69) is 54.0 Å². The van der Waals surface area contributed by atoms with E-state index in [1.807, 2.05) is 44.3 Å². The first-order valence-electron chi connectivity index (χ1n) is 16.5. The summed E-state index contributed by atoms with van der Waals surface area (Å²) < 4.78 is 3.23. The van der Waals surface area contributed by atoms with Gasteiger partial charge in [0.2, 0.25) is 5.52 Å². The highest BCUT2D eigenvalue weighted by Crippen LogP contribution is 2.31. The van der Waals surface area contributed by atoms with Gasteiger partial charge in [0, 0.05) is 32.2 Å². The van der Waals surface area contributed by atoms with Crippen LogP contribution in [0.25, 0.3) is 20.8 Å². The molecule has 0 fully saturated rings. The maximum absolute atomic E-state index is 13.3. The molecule has 4 N–H and O–H groups in total. The predicted octanol–water partition coefficient (Wildman–Crippen LogP) is 4.63. The van der Waals surface area contributed by atoms with E-state index in [9.17, 15) is 19.2 Å². The molecule has 254 valence electrons. The van der Waals surface area contributed by atoms with Gasteiger partial charge in [-0.3, -0.25) is 19.2 Å². The lowest BCUT2D eigenvalue weighted by Crippen LogP contribution is -2.30. The first-order chi connectivity index (χ1) is 24.3. The molecule has 12 heteroatoms. The van der Waals surface area contributed by atoms with Gasteiger partial charge in [-0.25, -0.2) is 9.97 Å². The quantitative estimate of drug-likeness (QED) is 0.157. The zero-order chi connectivity index (χ0) is 35.0. The van der Waals surface area contributed by atoms with Crippen LogP contribution in [-0.2, 0) is 20.1 Å². The van der Waals surface area contributed by atoms with Gasteiger partial charge in [0.15, 0.2) is 0 Å². The van der Waals surface area contributed by atoms with Crippen molar-refractivity contribution in [2.24, 2.45) is 7.05 Å². The highest BCUT2D eigenvalue weighted by molar-refractivity contribution is 7.21. The maximum atomic E-state index is 13.3. The smallest absolute Gasteiger partial charge is 0.270 e. The summed E-state index contributed by atoms with van der Waals surface area (Å²) in [5.41, 5.74) is 5.32. The van der Waals surface area contributed by atoms with Crippen LogP contribution in [0.15, 0.2) is 90.5 Å². The highest BCUT2D eigenvalue weighted by atomic mass is 32.1. The average Bonchev–Trinajstić information content (AvgIpc) is 3.49. The first-order valence-corrected chi connectivity index (χ1v) is 17.4. The molecule has 0 saturated heterocycles. The van der Waals surface area contributed by atoms with E-state index >= 15 is 0 Å². The van der Waals surface area contributed by atoms with Crippen molar-refractivity contribution < 1.29 is 23.7 Å². The van der Waals surface area contributed by atoms with Crippen LogP contribution in [0.1, 0.15) is 79.3 Å². The molecule has 0 atom stereocenters. The van der Waals surface area contributed by atoms with Crippen LogP contribution < -0.4 is 25.8 Å². The molecule has 0 saturated carbocycles. The van der Waals surface area contributed by atoms with Crippen molar-refractivity contribution in [1.82, 2.24) is 31.2 Å². The van der Waals surface area contributed by atoms with Crippen LogP contribution in [0, 0.1) is 0 Å². The second kappa shape index (κ2) is 15.6. The average molecular weight is 689 g/mol. The van der Waals surface area contributed by atoms with E-state index < -0.39 is 11.8 Å². The molecule has 11 nitrogen and oxygen atoms in total. The number of aryl methyl sites for hydroxylation is 1.